The minimum Gasteiger partial charge on any atom is -0.354 e. The van der Waals surface area contributed by atoms with E-state index in [0.29, 0.717) is 5.69 Å². The quantitative estimate of drug-likeness (QED) is 0.852. The number of hydrogen-bond acceptors (Lipinski definition) is 3. The minimum atomic E-state index is -4.35. The fourth-order valence-electron chi connectivity index (χ4n) is 2.58. The molecule has 0 aliphatic carbocycles. The molecule has 118 valence electrons. The molecule has 0 atom stereocenters. The summed E-state index contributed by atoms with van der Waals surface area (Å²) in [5.74, 6) is 0.826. The van der Waals surface area contributed by atoms with Crippen molar-refractivity contribution in [3.63, 3.8) is 0 Å². The first-order valence-corrected chi connectivity index (χ1v) is 7.10. The van der Waals surface area contributed by atoms with E-state index in [4.69, 9.17) is 0 Å². The monoisotopic (exact) mass is 310 g/mol. The van der Waals surface area contributed by atoms with Gasteiger partial charge in [-0.15, -0.1) is 0 Å². The van der Waals surface area contributed by atoms with Crippen molar-refractivity contribution in [1.29, 1.82) is 0 Å². The molecule has 2 aromatic rings. The highest BCUT2D eigenvalue weighted by atomic mass is 19.4. The summed E-state index contributed by atoms with van der Waals surface area (Å²) in [5.41, 5.74) is -0.237. The third kappa shape index (κ3) is 2.94. The number of likely N-dealkylation sites (N-methyl/N-ethyl adjacent to an activating group) is 1. The van der Waals surface area contributed by atoms with Crippen LogP contribution in [0.3, 0.4) is 0 Å². The van der Waals surface area contributed by atoms with Gasteiger partial charge in [-0.25, -0.2) is 4.68 Å². The van der Waals surface area contributed by atoms with E-state index in [1.807, 2.05) is 6.07 Å². The van der Waals surface area contributed by atoms with Gasteiger partial charge in [0.25, 0.3) is 0 Å². The van der Waals surface area contributed by atoms with E-state index in [9.17, 15) is 13.2 Å². The van der Waals surface area contributed by atoms with Crippen LogP contribution in [-0.2, 0) is 6.18 Å². The van der Waals surface area contributed by atoms with Crippen LogP contribution >= 0.6 is 0 Å². The summed E-state index contributed by atoms with van der Waals surface area (Å²) in [5, 5.41) is 4.20. The zero-order chi connectivity index (χ0) is 15.7. The van der Waals surface area contributed by atoms with Crippen molar-refractivity contribution in [1.82, 2.24) is 14.7 Å². The van der Waals surface area contributed by atoms with Gasteiger partial charge in [0, 0.05) is 32.2 Å². The Labute approximate surface area is 126 Å². The van der Waals surface area contributed by atoms with Gasteiger partial charge in [0.15, 0.2) is 0 Å². The number of halogens is 3. The van der Waals surface area contributed by atoms with Gasteiger partial charge >= 0.3 is 6.18 Å². The second kappa shape index (κ2) is 5.64. The molecule has 0 bridgehead atoms. The molecular weight excluding hydrogens is 293 g/mol. The second-order valence-electron chi connectivity index (χ2n) is 5.44. The van der Waals surface area contributed by atoms with E-state index in [0.717, 1.165) is 44.1 Å². The fraction of sp³-hybridized carbons (Fsp3) is 0.400. The second-order valence-corrected chi connectivity index (χ2v) is 5.44. The predicted octanol–water partition coefficient (Wildman–Crippen LogP) is 2.64. The molecule has 1 saturated heterocycles. The van der Waals surface area contributed by atoms with Crippen LogP contribution in [-0.4, -0.2) is 47.9 Å². The third-order valence-electron chi connectivity index (χ3n) is 3.87. The molecule has 2 heterocycles. The number of benzene rings is 1. The molecule has 7 heteroatoms. The number of alkyl halides is 3. The average molecular weight is 310 g/mol. The van der Waals surface area contributed by atoms with Crippen LogP contribution in [0.15, 0.2) is 36.5 Å². The van der Waals surface area contributed by atoms with E-state index in [1.165, 1.54) is 6.07 Å². The molecule has 4 nitrogen and oxygen atoms in total. The van der Waals surface area contributed by atoms with E-state index in [2.05, 4.69) is 21.9 Å². The Hall–Kier alpha value is -2.02. The van der Waals surface area contributed by atoms with Crippen molar-refractivity contribution >= 4 is 5.82 Å². The summed E-state index contributed by atoms with van der Waals surface area (Å²) in [6.07, 6.45) is -2.73. The Morgan fingerprint density at radius 2 is 1.77 bits per heavy atom. The highest BCUT2D eigenvalue weighted by molar-refractivity contribution is 5.48. The van der Waals surface area contributed by atoms with Crippen molar-refractivity contribution in [3.05, 3.63) is 42.1 Å². The van der Waals surface area contributed by atoms with Crippen molar-refractivity contribution < 1.29 is 13.2 Å². The Balaban J connectivity index is 1.92. The summed E-state index contributed by atoms with van der Waals surface area (Å²) in [6, 6.07) is 7.09. The van der Waals surface area contributed by atoms with E-state index < -0.39 is 11.7 Å². The maximum absolute atomic E-state index is 12.9. The maximum atomic E-state index is 12.9. The molecule has 1 aliphatic rings. The van der Waals surface area contributed by atoms with Crippen LogP contribution in [0.4, 0.5) is 19.0 Å². The lowest BCUT2D eigenvalue weighted by molar-refractivity contribution is -0.137. The lowest BCUT2D eigenvalue weighted by atomic mass is 10.2. The van der Waals surface area contributed by atoms with Gasteiger partial charge in [0.2, 0.25) is 0 Å². The van der Waals surface area contributed by atoms with Crippen molar-refractivity contribution in [2.45, 2.75) is 6.18 Å². The minimum absolute atomic E-state index is 0.425. The van der Waals surface area contributed by atoms with Crippen LogP contribution in [0, 0.1) is 0 Å². The first-order chi connectivity index (χ1) is 10.4. The molecule has 1 fully saturated rings. The topological polar surface area (TPSA) is 24.3 Å². The van der Waals surface area contributed by atoms with E-state index in [1.54, 1.807) is 16.9 Å². The first kappa shape index (κ1) is 14.9. The van der Waals surface area contributed by atoms with Gasteiger partial charge in [0.05, 0.1) is 17.4 Å². The van der Waals surface area contributed by atoms with Gasteiger partial charge in [0.1, 0.15) is 5.82 Å². The number of nitrogens with zero attached hydrogens (tertiary/aromatic N) is 4. The van der Waals surface area contributed by atoms with E-state index in [-0.39, 0.29) is 0 Å². The number of piperazine rings is 1. The Morgan fingerprint density at radius 1 is 1.05 bits per heavy atom. The first-order valence-electron chi connectivity index (χ1n) is 7.10. The summed E-state index contributed by atoms with van der Waals surface area (Å²) in [4.78, 5) is 4.37. The number of hydrogen-bond donors (Lipinski definition) is 0. The molecule has 0 unspecified atom stereocenters. The molecule has 1 aliphatic heterocycles. The molecule has 1 aromatic carbocycles. The summed E-state index contributed by atoms with van der Waals surface area (Å²) < 4.78 is 40.2. The van der Waals surface area contributed by atoms with Crippen molar-refractivity contribution in [2.24, 2.45) is 0 Å². The van der Waals surface area contributed by atoms with E-state index >= 15 is 0 Å². The van der Waals surface area contributed by atoms with Crippen LogP contribution < -0.4 is 4.90 Å². The van der Waals surface area contributed by atoms with Crippen molar-refractivity contribution in [2.75, 3.05) is 38.1 Å². The average Bonchev–Trinajstić information content (AvgIpc) is 2.97. The van der Waals surface area contributed by atoms with Gasteiger partial charge in [-0.1, -0.05) is 6.07 Å². The Morgan fingerprint density at radius 3 is 2.45 bits per heavy atom. The molecule has 0 radical (unpaired) electrons. The van der Waals surface area contributed by atoms with Crippen LogP contribution in [0.1, 0.15) is 5.56 Å². The highest BCUT2D eigenvalue weighted by Crippen LogP contribution is 2.31. The molecule has 0 N–H and O–H groups in total. The maximum Gasteiger partial charge on any atom is 0.416 e. The highest BCUT2D eigenvalue weighted by Gasteiger charge is 2.30. The molecule has 0 spiro atoms. The van der Waals surface area contributed by atoms with Crippen LogP contribution in [0.25, 0.3) is 5.69 Å². The smallest absolute Gasteiger partial charge is 0.354 e. The number of aromatic nitrogens is 2. The lowest BCUT2D eigenvalue weighted by Crippen LogP contribution is -2.45. The SMILES string of the molecule is CN1CCN(c2ccnn2-c2cccc(C(F)(F)F)c2)CC1. The zero-order valence-corrected chi connectivity index (χ0v) is 12.2. The third-order valence-corrected chi connectivity index (χ3v) is 3.87. The normalized spacial score (nSPS) is 17.0. The van der Waals surface area contributed by atoms with Crippen LogP contribution in [0.2, 0.25) is 0 Å². The molecule has 0 amide bonds. The summed E-state index contributed by atoms with van der Waals surface area (Å²) >= 11 is 0. The zero-order valence-electron chi connectivity index (χ0n) is 12.2. The number of anilines is 1. The van der Waals surface area contributed by atoms with Gasteiger partial charge < -0.3 is 9.80 Å². The number of rotatable bonds is 2. The summed E-state index contributed by atoms with van der Waals surface area (Å²) in [6.45, 7) is 3.52. The van der Waals surface area contributed by atoms with Crippen molar-refractivity contribution in [3.8, 4) is 5.69 Å². The Bertz CT molecular complexity index is 642. The lowest BCUT2D eigenvalue weighted by Gasteiger charge is -2.33. The molecule has 3 rings (SSSR count). The Kier molecular flexibility index (Phi) is 3.82. The molecule has 1 aromatic heterocycles. The molecule has 0 saturated carbocycles. The van der Waals surface area contributed by atoms with Gasteiger partial charge in [-0.2, -0.15) is 18.3 Å². The summed E-state index contributed by atoms with van der Waals surface area (Å²) in [7, 11) is 2.06. The fourth-order valence-corrected chi connectivity index (χ4v) is 2.58. The standard InChI is InChI=1S/C15H17F3N4/c1-20-7-9-21(10-8-20)14-5-6-19-22(14)13-4-2-3-12(11-13)15(16,17)18/h2-6,11H,7-10H2,1H3. The van der Waals surface area contributed by atoms with Crippen LogP contribution in [0.5, 0.6) is 0 Å². The largest absolute Gasteiger partial charge is 0.416 e. The van der Waals surface area contributed by atoms with Gasteiger partial charge in [-0.3, -0.25) is 0 Å². The van der Waals surface area contributed by atoms with Gasteiger partial charge in [-0.05, 0) is 25.2 Å². The molecular formula is C15H17F3N4. The predicted molar refractivity (Wildman–Crippen MR) is 78.3 cm³/mol. The molecule has 22 heavy (non-hydrogen) atoms.